The molecule has 0 fully saturated rings. The van der Waals surface area contributed by atoms with E-state index in [0.29, 0.717) is 0 Å². The van der Waals surface area contributed by atoms with Crippen molar-refractivity contribution in [3.63, 3.8) is 0 Å². The Morgan fingerprint density at radius 3 is 0.641 bits per heavy atom. The maximum atomic E-state index is 2.46. The zero-order chi connectivity index (χ0) is 28.3. The van der Waals surface area contributed by atoms with E-state index in [0.717, 1.165) is 5.92 Å². The summed E-state index contributed by atoms with van der Waals surface area (Å²) in [5.41, 5.74) is 0. The molecule has 0 saturated heterocycles. The van der Waals surface area contributed by atoms with Crippen molar-refractivity contribution in [3.05, 3.63) is 0 Å². The van der Waals surface area contributed by atoms with Gasteiger partial charge in [-0.3, -0.25) is 0 Å². The molecule has 0 nitrogen and oxygen atoms in total. The van der Waals surface area contributed by atoms with Gasteiger partial charge in [0.05, 0.1) is 0 Å². The fourth-order valence-electron chi connectivity index (χ4n) is 6.39. The maximum absolute atomic E-state index is 2.46. The normalized spacial score (nSPS) is 12.4. The summed E-state index contributed by atoms with van der Waals surface area (Å²) in [4.78, 5) is 0. The van der Waals surface area contributed by atoms with Gasteiger partial charge in [0.1, 0.15) is 0 Å². The van der Waals surface area contributed by atoms with Crippen molar-refractivity contribution < 1.29 is 0 Å². The van der Waals surface area contributed by atoms with Crippen molar-refractivity contribution in [3.8, 4) is 0 Å². The van der Waals surface area contributed by atoms with Crippen LogP contribution in [0.25, 0.3) is 0 Å². The van der Waals surface area contributed by atoms with E-state index in [-0.39, 0.29) is 0 Å². The third-order valence-electron chi connectivity index (χ3n) is 9.35. The lowest BCUT2D eigenvalue weighted by Crippen LogP contribution is -1.94. The minimum atomic E-state index is 0.966. The summed E-state index contributed by atoms with van der Waals surface area (Å²) >= 11 is 0. The van der Waals surface area contributed by atoms with Crippen LogP contribution in [0, 0.1) is 5.92 Å². The monoisotopic (exact) mass is 549 g/mol. The highest BCUT2D eigenvalue weighted by molar-refractivity contribution is 4.55. The first-order valence-electron chi connectivity index (χ1n) is 19.3. The maximum Gasteiger partial charge on any atom is -0.0443 e. The van der Waals surface area contributed by atoms with E-state index in [1.807, 2.05) is 0 Å². The van der Waals surface area contributed by atoms with E-state index >= 15 is 0 Å². The predicted molar refractivity (Wildman–Crippen MR) is 182 cm³/mol. The zero-order valence-corrected chi connectivity index (χ0v) is 28.3. The molecule has 39 heavy (non-hydrogen) atoms. The first-order chi connectivity index (χ1) is 19.3. The Balaban J connectivity index is 3.05. The van der Waals surface area contributed by atoms with Crippen LogP contribution in [-0.2, 0) is 0 Å². The third-order valence-corrected chi connectivity index (χ3v) is 9.35. The van der Waals surface area contributed by atoms with Gasteiger partial charge in [-0.2, -0.15) is 0 Å². The van der Waals surface area contributed by atoms with Crippen molar-refractivity contribution in [2.75, 3.05) is 0 Å². The number of unbranched alkanes of at least 4 members (excludes halogenated alkanes) is 31. The average molecular weight is 549 g/mol. The zero-order valence-electron chi connectivity index (χ0n) is 28.3. The Morgan fingerprint density at radius 2 is 0.410 bits per heavy atom. The van der Waals surface area contributed by atoms with Crippen LogP contribution in [0.2, 0.25) is 0 Å². The van der Waals surface area contributed by atoms with Gasteiger partial charge in [-0.05, 0) is 5.92 Å². The Kier molecular flexibility index (Phi) is 36.0. The minimum Gasteiger partial charge on any atom is -0.0654 e. The Hall–Kier alpha value is 0. The van der Waals surface area contributed by atoms with E-state index in [9.17, 15) is 0 Å². The van der Waals surface area contributed by atoms with Gasteiger partial charge in [0.25, 0.3) is 0 Å². The molecule has 0 aliphatic carbocycles. The number of hydrogen-bond donors (Lipinski definition) is 0. The molecule has 0 spiro atoms. The number of hydrogen-bond acceptors (Lipinski definition) is 0. The quantitative estimate of drug-likeness (QED) is 0.0691. The molecule has 1 unspecified atom stereocenters. The molecule has 0 heteroatoms. The highest BCUT2D eigenvalue weighted by Crippen LogP contribution is 2.18. The van der Waals surface area contributed by atoms with Gasteiger partial charge in [0.15, 0.2) is 0 Å². The van der Waals surface area contributed by atoms with Crippen LogP contribution in [0.1, 0.15) is 245 Å². The molecule has 0 rings (SSSR count). The fraction of sp³-hybridized carbons (Fsp3) is 1.00. The molecule has 0 radical (unpaired) electrons. The lowest BCUT2D eigenvalue weighted by molar-refractivity contribution is 0.440. The van der Waals surface area contributed by atoms with Crippen LogP contribution in [0.5, 0.6) is 0 Å². The van der Waals surface area contributed by atoms with Gasteiger partial charge in [0, 0.05) is 0 Å². The van der Waals surface area contributed by atoms with E-state index in [1.54, 1.807) is 0 Å². The first-order valence-corrected chi connectivity index (χ1v) is 19.3. The fourth-order valence-corrected chi connectivity index (χ4v) is 6.39. The average Bonchev–Trinajstić information content (AvgIpc) is 2.94. The van der Waals surface area contributed by atoms with Gasteiger partial charge in [-0.15, -0.1) is 0 Å². The van der Waals surface area contributed by atoms with Crippen molar-refractivity contribution in [1.82, 2.24) is 0 Å². The molecule has 0 saturated carbocycles. The molecule has 0 aromatic heterocycles. The smallest absolute Gasteiger partial charge is 0.0443 e. The summed E-state index contributed by atoms with van der Waals surface area (Å²) in [5.74, 6) is 0.966. The predicted octanol–water partition coefficient (Wildman–Crippen LogP) is 15.3. The summed E-state index contributed by atoms with van der Waals surface area (Å²) in [6.07, 6.45) is 51.8. The van der Waals surface area contributed by atoms with E-state index in [2.05, 4.69) is 20.8 Å². The van der Waals surface area contributed by atoms with E-state index in [1.165, 1.54) is 225 Å². The Bertz CT molecular complexity index is 399. The molecular formula is C39H80. The lowest BCUT2D eigenvalue weighted by Gasteiger charge is -2.10. The topological polar surface area (TPSA) is 0 Å². The van der Waals surface area contributed by atoms with Gasteiger partial charge in [-0.25, -0.2) is 0 Å². The second kappa shape index (κ2) is 36.0. The van der Waals surface area contributed by atoms with Gasteiger partial charge < -0.3 is 0 Å². The van der Waals surface area contributed by atoms with Crippen molar-refractivity contribution >= 4 is 0 Å². The number of rotatable bonds is 35. The van der Waals surface area contributed by atoms with Crippen molar-refractivity contribution in [2.24, 2.45) is 5.92 Å². The summed E-state index contributed by atoms with van der Waals surface area (Å²) in [6.45, 7) is 7.08. The SMILES string of the molecule is CCCCCCCCCCCCCCCCCCCCCCCCCCCCCCCCCC(C)CCCC. The Morgan fingerprint density at radius 1 is 0.231 bits per heavy atom. The van der Waals surface area contributed by atoms with Crippen LogP contribution < -0.4 is 0 Å². The molecule has 0 aliphatic rings. The largest absolute Gasteiger partial charge is 0.0654 e. The molecule has 0 N–H and O–H groups in total. The molecule has 0 bridgehead atoms. The summed E-state index contributed by atoms with van der Waals surface area (Å²) in [6, 6.07) is 0. The highest BCUT2D eigenvalue weighted by Gasteiger charge is 2.01. The second-order valence-corrected chi connectivity index (χ2v) is 13.6. The summed E-state index contributed by atoms with van der Waals surface area (Å²) < 4.78 is 0. The third kappa shape index (κ3) is 36.0. The molecule has 1 atom stereocenters. The van der Waals surface area contributed by atoms with Crippen LogP contribution in [0.4, 0.5) is 0 Å². The van der Waals surface area contributed by atoms with Crippen LogP contribution in [0.15, 0.2) is 0 Å². The highest BCUT2D eigenvalue weighted by atomic mass is 14.1. The van der Waals surface area contributed by atoms with Crippen LogP contribution in [0.3, 0.4) is 0 Å². The molecular weight excluding hydrogens is 468 g/mol. The second-order valence-electron chi connectivity index (χ2n) is 13.6. The van der Waals surface area contributed by atoms with Crippen LogP contribution in [-0.4, -0.2) is 0 Å². The lowest BCUT2D eigenvalue weighted by atomic mass is 9.97. The van der Waals surface area contributed by atoms with Gasteiger partial charge >= 0.3 is 0 Å². The first kappa shape index (κ1) is 39.0. The summed E-state index contributed by atoms with van der Waals surface area (Å²) in [5, 5.41) is 0. The Labute approximate surface area is 251 Å². The molecule has 0 heterocycles. The van der Waals surface area contributed by atoms with Gasteiger partial charge in [-0.1, -0.05) is 245 Å². The van der Waals surface area contributed by atoms with E-state index in [4.69, 9.17) is 0 Å². The molecule has 0 amide bonds. The molecule has 0 aromatic rings. The van der Waals surface area contributed by atoms with E-state index < -0.39 is 0 Å². The minimum absolute atomic E-state index is 0.966. The summed E-state index contributed by atoms with van der Waals surface area (Å²) in [7, 11) is 0. The molecule has 0 aromatic carbocycles. The molecule has 236 valence electrons. The van der Waals surface area contributed by atoms with Crippen molar-refractivity contribution in [1.29, 1.82) is 0 Å². The van der Waals surface area contributed by atoms with Gasteiger partial charge in [0.2, 0.25) is 0 Å². The molecule has 0 aliphatic heterocycles. The standard InChI is InChI=1S/C39H80/c1-4-6-8-9-10-11-12-13-14-15-16-17-18-19-20-21-22-23-24-25-26-27-28-29-30-31-32-33-34-35-36-38-39(3)37-7-5-2/h39H,4-38H2,1-3H3. The van der Waals surface area contributed by atoms with Crippen LogP contribution >= 0.6 is 0 Å². The van der Waals surface area contributed by atoms with Crippen molar-refractivity contribution in [2.45, 2.75) is 245 Å².